The Kier molecular flexibility index (Phi) is 4.78. The summed E-state index contributed by atoms with van der Waals surface area (Å²) in [6, 6.07) is 2.11. The smallest absolute Gasteiger partial charge is 0.323 e. The highest BCUT2D eigenvalue weighted by molar-refractivity contribution is 7.10. The number of rotatable bonds is 5. The highest BCUT2D eigenvalue weighted by Gasteiger charge is 2.29. The van der Waals surface area contributed by atoms with Crippen LogP contribution < -0.4 is 0 Å². The molecular weight excluding hydrogens is 246 g/mol. The van der Waals surface area contributed by atoms with Crippen LogP contribution in [0.2, 0.25) is 0 Å². The summed E-state index contributed by atoms with van der Waals surface area (Å²) in [6.45, 7) is 6.32. The molecule has 0 fully saturated rings. The Morgan fingerprint density at radius 1 is 1.56 bits per heavy atom. The number of carbonyl (C=O) groups excluding carboxylic acids is 1. The molecule has 2 heterocycles. The molecule has 1 aromatic heterocycles. The van der Waals surface area contributed by atoms with E-state index >= 15 is 0 Å². The molecule has 0 radical (unpaired) electrons. The summed E-state index contributed by atoms with van der Waals surface area (Å²) in [5, 5.41) is 2.15. The molecule has 0 spiro atoms. The molecular formula is C14H21NO2S. The summed E-state index contributed by atoms with van der Waals surface area (Å²) < 4.78 is 5.20. The van der Waals surface area contributed by atoms with Crippen molar-refractivity contribution in [2.45, 2.75) is 45.7 Å². The van der Waals surface area contributed by atoms with Gasteiger partial charge in [-0.2, -0.15) is 0 Å². The third kappa shape index (κ3) is 2.93. The molecule has 18 heavy (non-hydrogen) atoms. The second-order valence-corrected chi connectivity index (χ2v) is 5.65. The SMILES string of the molecule is CCCC(C(=O)OCC)N1CCc2sccc2C1. The van der Waals surface area contributed by atoms with Gasteiger partial charge in [-0.05, 0) is 36.8 Å². The topological polar surface area (TPSA) is 29.5 Å². The van der Waals surface area contributed by atoms with Gasteiger partial charge in [-0.3, -0.25) is 9.69 Å². The van der Waals surface area contributed by atoms with Crippen LogP contribution in [-0.4, -0.2) is 30.1 Å². The number of hydrogen-bond donors (Lipinski definition) is 0. The number of fused-ring (bicyclic) bond motifs is 1. The van der Waals surface area contributed by atoms with E-state index in [4.69, 9.17) is 4.74 Å². The maximum atomic E-state index is 12.0. The van der Waals surface area contributed by atoms with E-state index in [1.54, 1.807) is 0 Å². The van der Waals surface area contributed by atoms with Crippen molar-refractivity contribution in [2.24, 2.45) is 0 Å². The monoisotopic (exact) mass is 267 g/mol. The average molecular weight is 267 g/mol. The van der Waals surface area contributed by atoms with Gasteiger partial charge >= 0.3 is 5.97 Å². The van der Waals surface area contributed by atoms with Crippen molar-refractivity contribution in [3.63, 3.8) is 0 Å². The van der Waals surface area contributed by atoms with Gasteiger partial charge in [0, 0.05) is 18.0 Å². The molecule has 1 unspecified atom stereocenters. The van der Waals surface area contributed by atoms with E-state index < -0.39 is 0 Å². The zero-order valence-corrected chi connectivity index (χ0v) is 12.0. The molecule has 1 aliphatic rings. The predicted octanol–water partition coefficient (Wildman–Crippen LogP) is 2.84. The van der Waals surface area contributed by atoms with Crippen molar-refractivity contribution in [2.75, 3.05) is 13.2 Å². The van der Waals surface area contributed by atoms with Crippen molar-refractivity contribution in [3.8, 4) is 0 Å². The third-order valence-corrected chi connectivity index (χ3v) is 4.42. The molecule has 0 aliphatic carbocycles. The van der Waals surface area contributed by atoms with Crippen molar-refractivity contribution >= 4 is 17.3 Å². The fraction of sp³-hybridized carbons (Fsp3) is 0.643. The third-order valence-electron chi connectivity index (χ3n) is 3.40. The van der Waals surface area contributed by atoms with Crippen LogP contribution >= 0.6 is 11.3 Å². The lowest BCUT2D eigenvalue weighted by Crippen LogP contribution is -2.44. The number of nitrogens with zero attached hydrogens (tertiary/aromatic N) is 1. The lowest BCUT2D eigenvalue weighted by atomic mass is 10.0. The first-order valence-corrected chi connectivity index (χ1v) is 7.60. The molecule has 0 bridgehead atoms. The largest absolute Gasteiger partial charge is 0.465 e. The van der Waals surface area contributed by atoms with Crippen molar-refractivity contribution < 1.29 is 9.53 Å². The predicted molar refractivity (Wildman–Crippen MR) is 73.8 cm³/mol. The molecule has 0 N–H and O–H groups in total. The van der Waals surface area contributed by atoms with E-state index in [-0.39, 0.29) is 12.0 Å². The molecule has 0 amide bonds. The van der Waals surface area contributed by atoms with Crippen molar-refractivity contribution in [1.29, 1.82) is 0 Å². The van der Waals surface area contributed by atoms with Gasteiger partial charge < -0.3 is 4.74 Å². The van der Waals surface area contributed by atoms with Crippen LogP contribution in [0.3, 0.4) is 0 Å². The minimum absolute atomic E-state index is 0.0574. The Labute approximate surface area is 113 Å². The lowest BCUT2D eigenvalue weighted by Gasteiger charge is -2.32. The highest BCUT2D eigenvalue weighted by atomic mass is 32.1. The summed E-state index contributed by atoms with van der Waals surface area (Å²) in [5.41, 5.74) is 1.39. The highest BCUT2D eigenvalue weighted by Crippen LogP contribution is 2.26. The van der Waals surface area contributed by atoms with Crippen LogP contribution in [0.15, 0.2) is 11.4 Å². The summed E-state index contributed by atoms with van der Waals surface area (Å²) in [6.07, 6.45) is 2.96. The Balaban J connectivity index is 2.06. The first kappa shape index (κ1) is 13.6. The van der Waals surface area contributed by atoms with Gasteiger partial charge in [-0.1, -0.05) is 13.3 Å². The first-order valence-electron chi connectivity index (χ1n) is 6.72. The maximum Gasteiger partial charge on any atom is 0.323 e. The second kappa shape index (κ2) is 6.34. The minimum atomic E-state index is -0.0667. The molecule has 3 nitrogen and oxygen atoms in total. The van der Waals surface area contributed by atoms with E-state index in [0.29, 0.717) is 6.61 Å². The van der Waals surface area contributed by atoms with Crippen LogP contribution in [0.25, 0.3) is 0 Å². The van der Waals surface area contributed by atoms with E-state index in [0.717, 1.165) is 32.4 Å². The molecule has 0 saturated carbocycles. The average Bonchev–Trinajstić information content (AvgIpc) is 2.83. The number of esters is 1. The quantitative estimate of drug-likeness (QED) is 0.768. The van der Waals surface area contributed by atoms with E-state index in [2.05, 4.69) is 23.3 Å². The first-order chi connectivity index (χ1) is 8.76. The molecule has 0 saturated heterocycles. The van der Waals surface area contributed by atoms with Crippen molar-refractivity contribution in [1.82, 2.24) is 4.90 Å². The summed E-state index contributed by atoms with van der Waals surface area (Å²) in [4.78, 5) is 15.8. The Morgan fingerprint density at radius 3 is 3.11 bits per heavy atom. The Bertz CT molecular complexity index is 402. The van der Waals surface area contributed by atoms with Gasteiger partial charge in [0.05, 0.1) is 6.61 Å². The summed E-state index contributed by atoms with van der Waals surface area (Å²) in [7, 11) is 0. The van der Waals surface area contributed by atoms with Crippen LogP contribution in [-0.2, 0) is 22.5 Å². The Morgan fingerprint density at radius 2 is 2.39 bits per heavy atom. The number of thiophene rings is 1. The fourth-order valence-electron chi connectivity index (χ4n) is 2.50. The molecule has 1 aliphatic heterocycles. The second-order valence-electron chi connectivity index (χ2n) is 4.65. The van der Waals surface area contributed by atoms with Gasteiger partial charge in [0.1, 0.15) is 6.04 Å². The Hall–Kier alpha value is -0.870. The zero-order valence-electron chi connectivity index (χ0n) is 11.1. The molecule has 0 aromatic carbocycles. The van der Waals surface area contributed by atoms with Gasteiger partial charge in [0.2, 0.25) is 0 Å². The molecule has 4 heteroatoms. The summed E-state index contributed by atoms with van der Waals surface area (Å²) in [5.74, 6) is -0.0574. The van der Waals surface area contributed by atoms with Crippen LogP contribution in [0.5, 0.6) is 0 Å². The lowest BCUT2D eigenvalue weighted by molar-refractivity contribution is -0.150. The molecule has 1 aromatic rings. The van der Waals surface area contributed by atoms with Crippen LogP contribution in [0.1, 0.15) is 37.1 Å². The van der Waals surface area contributed by atoms with E-state index in [9.17, 15) is 4.79 Å². The molecule has 100 valence electrons. The fourth-order valence-corrected chi connectivity index (χ4v) is 3.39. The molecule has 1 atom stereocenters. The minimum Gasteiger partial charge on any atom is -0.465 e. The standard InChI is InChI=1S/C14H21NO2S/c1-3-5-12(14(16)17-4-2)15-8-6-13-11(10-15)7-9-18-13/h7,9,12H,3-6,8,10H2,1-2H3. The van der Waals surface area contributed by atoms with E-state index in [1.807, 2.05) is 18.3 Å². The van der Waals surface area contributed by atoms with Crippen LogP contribution in [0.4, 0.5) is 0 Å². The summed E-state index contributed by atoms with van der Waals surface area (Å²) >= 11 is 1.83. The van der Waals surface area contributed by atoms with Gasteiger partial charge in [-0.25, -0.2) is 0 Å². The number of ether oxygens (including phenoxy) is 1. The van der Waals surface area contributed by atoms with Gasteiger partial charge in [0.15, 0.2) is 0 Å². The van der Waals surface area contributed by atoms with Gasteiger partial charge in [0.25, 0.3) is 0 Å². The van der Waals surface area contributed by atoms with Crippen molar-refractivity contribution in [3.05, 3.63) is 21.9 Å². The zero-order chi connectivity index (χ0) is 13.0. The van der Waals surface area contributed by atoms with Gasteiger partial charge in [-0.15, -0.1) is 11.3 Å². The molecule has 2 rings (SSSR count). The number of hydrogen-bond acceptors (Lipinski definition) is 4. The maximum absolute atomic E-state index is 12.0. The normalized spacial score (nSPS) is 17.2. The van der Waals surface area contributed by atoms with E-state index in [1.165, 1.54) is 10.4 Å². The van der Waals surface area contributed by atoms with Crippen LogP contribution in [0, 0.1) is 0 Å². The number of carbonyl (C=O) groups is 1.